The van der Waals surface area contributed by atoms with Gasteiger partial charge in [0, 0.05) is 6.07 Å². The Labute approximate surface area is 184 Å². The lowest BCUT2D eigenvalue weighted by atomic mass is 10.00. The van der Waals surface area contributed by atoms with Gasteiger partial charge in [-0.15, -0.1) is 0 Å². The highest BCUT2D eigenvalue weighted by Crippen LogP contribution is 2.55. The predicted octanol–water partition coefficient (Wildman–Crippen LogP) is 7.68. The Kier molecular flexibility index (Phi) is 6.67. The number of benzene rings is 3. The van der Waals surface area contributed by atoms with Crippen molar-refractivity contribution in [3.8, 4) is 0 Å². The summed E-state index contributed by atoms with van der Waals surface area (Å²) in [7, 11) is -1.99. The van der Waals surface area contributed by atoms with Gasteiger partial charge in [-0.2, -0.15) is 35.1 Å². The Morgan fingerprint density at radius 2 is 1.15 bits per heavy atom. The zero-order valence-electron chi connectivity index (χ0n) is 16.4. The highest BCUT2D eigenvalue weighted by molar-refractivity contribution is 7.97. The van der Waals surface area contributed by atoms with Crippen LogP contribution in [0.3, 0.4) is 0 Å². The molecule has 0 aromatic heterocycles. The van der Waals surface area contributed by atoms with Gasteiger partial charge in [0.1, 0.15) is 0 Å². The maximum atomic E-state index is 14.6. The maximum Gasteiger partial charge on any atom is 0.384 e. The first-order valence-corrected chi connectivity index (χ1v) is 10.7. The van der Waals surface area contributed by atoms with E-state index in [2.05, 4.69) is 0 Å². The number of fused-ring (bicyclic) bond motifs is 1. The minimum atomic E-state index is -7.01. The molecular formula is C22H15F10S+. The molecule has 3 rings (SSSR count). The average molecular weight is 501 g/mol. The normalized spacial score (nSPS) is 14.6. The topological polar surface area (TPSA) is 0 Å². The van der Waals surface area contributed by atoms with Crippen LogP contribution in [0.25, 0.3) is 10.8 Å². The highest BCUT2D eigenvalue weighted by atomic mass is 32.2. The van der Waals surface area contributed by atoms with E-state index >= 15 is 0 Å². The Morgan fingerprint density at radius 1 is 0.606 bits per heavy atom. The van der Waals surface area contributed by atoms with Crippen molar-refractivity contribution in [1.29, 1.82) is 0 Å². The summed E-state index contributed by atoms with van der Waals surface area (Å²) in [6, 6.07) is 17.7. The van der Waals surface area contributed by atoms with Gasteiger partial charge in [-0.05, 0) is 35.0 Å². The first kappa shape index (κ1) is 25.2. The fourth-order valence-electron chi connectivity index (χ4n) is 3.06. The van der Waals surface area contributed by atoms with Gasteiger partial charge < -0.3 is 0 Å². The van der Waals surface area contributed by atoms with Crippen molar-refractivity contribution in [3.63, 3.8) is 0 Å². The third kappa shape index (κ3) is 4.39. The molecule has 3 aromatic carbocycles. The molecule has 1 atom stereocenters. The van der Waals surface area contributed by atoms with Crippen molar-refractivity contribution in [2.45, 2.75) is 39.9 Å². The molecule has 33 heavy (non-hydrogen) atoms. The molecule has 0 nitrogen and oxygen atoms in total. The maximum absolute atomic E-state index is 14.6. The van der Waals surface area contributed by atoms with E-state index < -0.39 is 46.8 Å². The summed E-state index contributed by atoms with van der Waals surface area (Å²) in [4.78, 5) is 0.103. The number of rotatable bonds is 8. The second kappa shape index (κ2) is 8.73. The Morgan fingerprint density at radius 3 is 1.73 bits per heavy atom. The summed E-state index contributed by atoms with van der Waals surface area (Å²) in [5, 5.41) is 1.21. The lowest BCUT2D eigenvalue weighted by Gasteiger charge is -2.35. The zero-order valence-corrected chi connectivity index (χ0v) is 17.2. The van der Waals surface area contributed by atoms with Gasteiger partial charge in [0.25, 0.3) is 0 Å². The van der Waals surface area contributed by atoms with Crippen LogP contribution in [0.2, 0.25) is 0 Å². The van der Waals surface area contributed by atoms with Crippen molar-refractivity contribution in [2.24, 2.45) is 0 Å². The number of halogens is 10. The minimum Gasteiger partial charge on any atom is -0.203 e. The molecule has 0 fully saturated rings. The molecule has 0 saturated heterocycles. The Bertz CT molecular complexity index is 1100. The first-order chi connectivity index (χ1) is 15.2. The van der Waals surface area contributed by atoms with Crippen molar-refractivity contribution >= 4 is 21.7 Å². The van der Waals surface area contributed by atoms with Gasteiger partial charge in [-0.3, -0.25) is 0 Å². The monoisotopic (exact) mass is 501 g/mol. The summed E-state index contributed by atoms with van der Waals surface area (Å²) >= 11 is 0. The molecule has 11 heteroatoms. The molecule has 0 bridgehead atoms. The van der Waals surface area contributed by atoms with Crippen LogP contribution in [0.1, 0.15) is 0 Å². The summed E-state index contributed by atoms with van der Waals surface area (Å²) in [5.41, 5.74) is 0. The van der Waals surface area contributed by atoms with E-state index in [1.165, 1.54) is 48.5 Å². The van der Waals surface area contributed by atoms with E-state index in [1.807, 2.05) is 0 Å². The number of alkyl halides is 10. The number of hydrogen-bond acceptors (Lipinski definition) is 0. The van der Waals surface area contributed by atoms with Gasteiger partial charge in [0.2, 0.25) is 0 Å². The predicted molar refractivity (Wildman–Crippen MR) is 105 cm³/mol. The number of hydrogen-bond donors (Lipinski definition) is 0. The van der Waals surface area contributed by atoms with Crippen LogP contribution in [0, 0.1) is 0 Å². The van der Waals surface area contributed by atoms with Crippen molar-refractivity contribution < 1.29 is 43.9 Å². The SMILES string of the molecule is FC(F)C(F)(F)C(F)(F)C(F)(F)C(F)(F)C[S+](c1ccccc1)c1ccc2ccccc2c1. The van der Waals surface area contributed by atoms with Crippen molar-refractivity contribution in [2.75, 3.05) is 5.75 Å². The van der Waals surface area contributed by atoms with Crippen LogP contribution in [0.15, 0.2) is 82.6 Å². The quantitative estimate of drug-likeness (QED) is 0.219. The van der Waals surface area contributed by atoms with Gasteiger partial charge in [-0.1, -0.05) is 42.5 Å². The molecule has 0 spiro atoms. The van der Waals surface area contributed by atoms with Gasteiger partial charge in [-0.25, -0.2) is 8.78 Å². The highest BCUT2D eigenvalue weighted by Gasteiger charge is 2.83. The van der Waals surface area contributed by atoms with E-state index in [9.17, 15) is 43.9 Å². The van der Waals surface area contributed by atoms with E-state index in [1.54, 1.807) is 24.3 Å². The van der Waals surface area contributed by atoms with Crippen LogP contribution in [-0.4, -0.2) is 35.9 Å². The molecule has 0 amide bonds. The van der Waals surface area contributed by atoms with E-state index in [-0.39, 0.29) is 9.79 Å². The van der Waals surface area contributed by atoms with Crippen LogP contribution in [0.5, 0.6) is 0 Å². The molecule has 0 heterocycles. The molecular weight excluding hydrogens is 486 g/mol. The summed E-state index contributed by atoms with van der Waals surface area (Å²) in [6.07, 6.45) is -5.28. The molecule has 178 valence electrons. The molecule has 0 aliphatic rings. The van der Waals surface area contributed by atoms with Gasteiger partial charge >= 0.3 is 30.1 Å². The van der Waals surface area contributed by atoms with Crippen LogP contribution >= 0.6 is 0 Å². The smallest absolute Gasteiger partial charge is 0.203 e. The molecule has 0 aliphatic carbocycles. The Hall–Kier alpha value is -2.43. The van der Waals surface area contributed by atoms with Gasteiger partial charge in [0.15, 0.2) is 15.5 Å². The third-order valence-corrected chi connectivity index (χ3v) is 7.22. The molecule has 0 aliphatic heterocycles. The van der Waals surface area contributed by atoms with E-state index in [4.69, 9.17) is 0 Å². The summed E-state index contributed by atoms with van der Waals surface area (Å²) < 4.78 is 136. The first-order valence-electron chi connectivity index (χ1n) is 9.26. The van der Waals surface area contributed by atoms with Crippen molar-refractivity contribution in [1.82, 2.24) is 0 Å². The zero-order chi connectivity index (χ0) is 24.7. The lowest BCUT2D eigenvalue weighted by Crippen LogP contribution is -2.65. The van der Waals surface area contributed by atoms with Crippen LogP contribution in [-0.2, 0) is 10.9 Å². The summed E-state index contributed by atoms with van der Waals surface area (Å²) in [5.74, 6) is -28.2. The second-order valence-corrected chi connectivity index (χ2v) is 9.15. The molecule has 0 N–H and O–H groups in total. The minimum absolute atomic E-state index is 0.0483. The van der Waals surface area contributed by atoms with E-state index in [0.29, 0.717) is 10.8 Å². The second-order valence-electron chi connectivity index (χ2n) is 7.13. The third-order valence-electron chi connectivity index (χ3n) is 4.91. The van der Waals surface area contributed by atoms with Crippen LogP contribution < -0.4 is 0 Å². The molecule has 1 unspecified atom stereocenters. The fourth-order valence-corrected chi connectivity index (χ4v) is 5.19. The van der Waals surface area contributed by atoms with E-state index in [0.717, 1.165) is 0 Å². The Balaban J connectivity index is 2.08. The fraction of sp³-hybridized carbons (Fsp3) is 0.273. The standard InChI is InChI=1S/C22H15F10S/c23-18(24)20(27,28)22(31,32)21(29,30)19(25,26)13-33(16-8-2-1-3-9-16)17-11-10-14-6-4-5-7-15(14)12-17/h1-12,18H,13H2/q+1. The lowest BCUT2D eigenvalue weighted by molar-refractivity contribution is -0.379. The summed E-state index contributed by atoms with van der Waals surface area (Å²) in [6.45, 7) is 0. The van der Waals surface area contributed by atoms with Gasteiger partial charge in [0.05, 0.1) is 10.9 Å². The molecule has 3 aromatic rings. The van der Waals surface area contributed by atoms with Crippen LogP contribution in [0.4, 0.5) is 43.9 Å². The largest absolute Gasteiger partial charge is 0.384 e. The molecule has 0 saturated carbocycles. The average Bonchev–Trinajstić information content (AvgIpc) is 2.77. The molecule has 0 radical (unpaired) electrons. The van der Waals surface area contributed by atoms with Crippen molar-refractivity contribution in [3.05, 3.63) is 72.8 Å².